The van der Waals surface area contributed by atoms with E-state index in [4.69, 9.17) is 4.74 Å². The highest BCUT2D eigenvalue weighted by atomic mass is 16.5. The van der Waals surface area contributed by atoms with Gasteiger partial charge in [0.2, 0.25) is 0 Å². The van der Waals surface area contributed by atoms with Crippen molar-refractivity contribution < 1.29 is 4.74 Å². The summed E-state index contributed by atoms with van der Waals surface area (Å²) in [5.41, 5.74) is 2.97. The van der Waals surface area contributed by atoms with Gasteiger partial charge in [0.15, 0.2) is 0 Å². The molecule has 3 rings (SSSR count). The molecular weight excluding hydrogens is 246 g/mol. The van der Waals surface area contributed by atoms with Crippen molar-refractivity contribution in [3.05, 3.63) is 29.3 Å². The fraction of sp³-hybridized carbons (Fsp3) is 0.667. The summed E-state index contributed by atoms with van der Waals surface area (Å²) in [7, 11) is 1.80. The summed E-state index contributed by atoms with van der Waals surface area (Å²) in [5, 5.41) is 3.52. The average Bonchev–Trinajstić information content (AvgIpc) is 3.02. The van der Waals surface area contributed by atoms with Gasteiger partial charge in [-0.1, -0.05) is 25.0 Å². The number of rotatable bonds is 4. The first-order valence-electron chi connectivity index (χ1n) is 8.24. The first-order chi connectivity index (χ1) is 9.86. The molecule has 2 aliphatic rings. The Morgan fingerprint density at radius 1 is 1.15 bits per heavy atom. The Kier molecular flexibility index (Phi) is 4.62. The van der Waals surface area contributed by atoms with E-state index in [0.29, 0.717) is 0 Å². The van der Waals surface area contributed by atoms with Crippen LogP contribution in [0.3, 0.4) is 0 Å². The Bertz CT molecular complexity index is 431. The van der Waals surface area contributed by atoms with Crippen molar-refractivity contribution in [3.8, 4) is 5.75 Å². The fourth-order valence-electron chi connectivity index (χ4n) is 3.90. The second-order valence-electron chi connectivity index (χ2n) is 6.47. The molecule has 2 fully saturated rings. The highest BCUT2D eigenvalue weighted by Crippen LogP contribution is 2.39. The van der Waals surface area contributed by atoms with Crippen molar-refractivity contribution in [1.82, 2.24) is 5.32 Å². The SMILES string of the molecule is COc1ccc(CC2CCCNC2)cc1C1CCCC1. The van der Waals surface area contributed by atoms with Crippen molar-refractivity contribution in [1.29, 1.82) is 0 Å². The van der Waals surface area contributed by atoms with Gasteiger partial charge in [-0.25, -0.2) is 0 Å². The van der Waals surface area contributed by atoms with Gasteiger partial charge in [0.25, 0.3) is 0 Å². The molecule has 1 atom stereocenters. The molecule has 1 heterocycles. The maximum Gasteiger partial charge on any atom is 0.122 e. The van der Waals surface area contributed by atoms with E-state index in [1.807, 2.05) is 0 Å². The number of hydrogen-bond acceptors (Lipinski definition) is 2. The first-order valence-corrected chi connectivity index (χ1v) is 8.24. The van der Waals surface area contributed by atoms with Gasteiger partial charge in [-0.15, -0.1) is 0 Å². The summed E-state index contributed by atoms with van der Waals surface area (Å²) in [6.45, 7) is 2.39. The van der Waals surface area contributed by atoms with Crippen LogP contribution < -0.4 is 10.1 Å². The number of nitrogens with one attached hydrogen (secondary N) is 1. The lowest BCUT2D eigenvalue weighted by molar-refractivity contribution is 0.375. The van der Waals surface area contributed by atoms with Crippen LogP contribution in [0.25, 0.3) is 0 Å². The maximum absolute atomic E-state index is 5.59. The predicted molar refractivity (Wildman–Crippen MR) is 83.5 cm³/mol. The highest BCUT2D eigenvalue weighted by Gasteiger charge is 2.21. The third kappa shape index (κ3) is 3.17. The topological polar surface area (TPSA) is 21.3 Å². The minimum absolute atomic E-state index is 0.731. The van der Waals surface area contributed by atoms with Gasteiger partial charge in [-0.05, 0) is 74.2 Å². The van der Waals surface area contributed by atoms with Crippen molar-refractivity contribution >= 4 is 0 Å². The van der Waals surface area contributed by atoms with Crippen LogP contribution in [-0.2, 0) is 6.42 Å². The smallest absolute Gasteiger partial charge is 0.122 e. The molecule has 0 amide bonds. The van der Waals surface area contributed by atoms with E-state index in [9.17, 15) is 0 Å². The van der Waals surface area contributed by atoms with Crippen LogP contribution in [0.5, 0.6) is 5.75 Å². The van der Waals surface area contributed by atoms with Gasteiger partial charge < -0.3 is 10.1 Å². The second kappa shape index (κ2) is 6.62. The number of hydrogen-bond donors (Lipinski definition) is 1. The summed E-state index contributed by atoms with van der Waals surface area (Å²) in [6.07, 6.45) is 9.36. The molecule has 0 aromatic heterocycles. The molecule has 0 bridgehead atoms. The molecule has 1 saturated heterocycles. The second-order valence-corrected chi connectivity index (χ2v) is 6.47. The summed E-state index contributed by atoms with van der Waals surface area (Å²) < 4.78 is 5.59. The van der Waals surface area contributed by atoms with Crippen molar-refractivity contribution in [2.75, 3.05) is 20.2 Å². The molecule has 1 unspecified atom stereocenters. The summed E-state index contributed by atoms with van der Waals surface area (Å²) in [6, 6.07) is 6.90. The lowest BCUT2D eigenvalue weighted by atomic mass is 9.89. The molecule has 1 N–H and O–H groups in total. The zero-order valence-corrected chi connectivity index (χ0v) is 12.7. The third-order valence-electron chi connectivity index (χ3n) is 5.01. The van der Waals surface area contributed by atoms with E-state index < -0.39 is 0 Å². The van der Waals surface area contributed by atoms with E-state index in [0.717, 1.165) is 17.6 Å². The van der Waals surface area contributed by atoms with Crippen LogP contribution in [0.2, 0.25) is 0 Å². The highest BCUT2D eigenvalue weighted by molar-refractivity contribution is 5.40. The molecule has 2 nitrogen and oxygen atoms in total. The molecule has 110 valence electrons. The van der Waals surface area contributed by atoms with E-state index in [1.54, 1.807) is 7.11 Å². The molecule has 2 heteroatoms. The number of methoxy groups -OCH3 is 1. The van der Waals surface area contributed by atoms with E-state index >= 15 is 0 Å². The molecule has 1 aliphatic heterocycles. The normalized spacial score (nSPS) is 23.9. The third-order valence-corrected chi connectivity index (χ3v) is 5.01. The van der Waals surface area contributed by atoms with E-state index in [2.05, 4.69) is 23.5 Å². The first kappa shape index (κ1) is 13.9. The standard InChI is InChI=1S/C18H27NO/c1-20-18-9-8-14(11-15-5-4-10-19-13-15)12-17(18)16-6-2-3-7-16/h8-9,12,15-16,19H,2-7,10-11,13H2,1H3. The molecule has 1 aliphatic carbocycles. The van der Waals surface area contributed by atoms with Crippen molar-refractivity contribution in [3.63, 3.8) is 0 Å². The lowest BCUT2D eigenvalue weighted by Crippen LogP contribution is -2.30. The van der Waals surface area contributed by atoms with Crippen LogP contribution in [-0.4, -0.2) is 20.2 Å². The molecular formula is C18H27NO. The van der Waals surface area contributed by atoms with Crippen LogP contribution >= 0.6 is 0 Å². The van der Waals surface area contributed by atoms with E-state index in [-0.39, 0.29) is 0 Å². The Hall–Kier alpha value is -1.02. The number of benzene rings is 1. The van der Waals surface area contributed by atoms with Crippen molar-refractivity contribution in [2.24, 2.45) is 5.92 Å². The zero-order valence-electron chi connectivity index (χ0n) is 12.7. The Morgan fingerprint density at radius 3 is 2.70 bits per heavy atom. The minimum Gasteiger partial charge on any atom is -0.496 e. The molecule has 0 spiro atoms. The van der Waals surface area contributed by atoms with Gasteiger partial charge in [-0.3, -0.25) is 0 Å². The van der Waals surface area contributed by atoms with Crippen LogP contribution in [0.4, 0.5) is 0 Å². The van der Waals surface area contributed by atoms with Gasteiger partial charge in [0.1, 0.15) is 5.75 Å². The van der Waals surface area contributed by atoms with Gasteiger partial charge in [0, 0.05) is 0 Å². The molecule has 20 heavy (non-hydrogen) atoms. The molecule has 1 aromatic rings. The molecule has 1 aromatic carbocycles. The number of piperidine rings is 1. The fourth-order valence-corrected chi connectivity index (χ4v) is 3.90. The monoisotopic (exact) mass is 273 g/mol. The van der Waals surface area contributed by atoms with Crippen LogP contribution in [0, 0.1) is 5.92 Å². The van der Waals surface area contributed by atoms with Crippen molar-refractivity contribution in [2.45, 2.75) is 50.9 Å². The maximum atomic E-state index is 5.59. The van der Waals surface area contributed by atoms with Crippen LogP contribution in [0.15, 0.2) is 18.2 Å². The van der Waals surface area contributed by atoms with Crippen LogP contribution in [0.1, 0.15) is 55.6 Å². The molecule has 1 saturated carbocycles. The molecule has 0 radical (unpaired) electrons. The largest absolute Gasteiger partial charge is 0.496 e. The zero-order chi connectivity index (χ0) is 13.8. The van der Waals surface area contributed by atoms with Gasteiger partial charge in [0.05, 0.1) is 7.11 Å². The van der Waals surface area contributed by atoms with Gasteiger partial charge in [-0.2, -0.15) is 0 Å². The minimum atomic E-state index is 0.731. The summed E-state index contributed by atoms with van der Waals surface area (Å²) in [4.78, 5) is 0. The van der Waals surface area contributed by atoms with E-state index in [1.165, 1.54) is 69.2 Å². The van der Waals surface area contributed by atoms with Gasteiger partial charge >= 0.3 is 0 Å². The summed E-state index contributed by atoms with van der Waals surface area (Å²) in [5.74, 6) is 2.64. The number of ether oxygens (including phenoxy) is 1. The summed E-state index contributed by atoms with van der Waals surface area (Å²) >= 11 is 0. The average molecular weight is 273 g/mol. The predicted octanol–water partition coefficient (Wildman–Crippen LogP) is 3.89. The Balaban J connectivity index is 1.75. The lowest BCUT2D eigenvalue weighted by Gasteiger charge is -2.23. The Labute approximate surface area is 122 Å². The quantitative estimate of drug-likeness (QED) is 0.898. The Morgan fingerprint density at radius 2 is 2.00 bits per heavy atom.